The Balaban J connectivity index is 1.59. The highest BCUT2D eigenvalue weighted by molar-refractivity contribution is 7.70. The van der Waals surface area contributed by atoms with Gasteiger partial charge in [0.2, 0.25) is 5.89 Å². The molecule has 0 saturated carbocycles. The van der Waals surface area contributed by atoms with E-state index in [0.29, 0.717) is 30.9 Å². The van der Waals surface area contributed by atoms with E-state index < -0.39 is 32.0 Å². The van der Waals surface area contributed by atoms with Gasteiger partial charge >= 0.3 is 15.2 Å². The lowest BCUT2D eigenvalue weighted by Crippen LogP contribution is -2.04. The normalized spacial score (nSPS) is 12.3. The van der Waals surface area contributed by atoms with Crippen molar-refractivity contribution >= 4 is 15.2 Å². The van der Waals surface area contributed by atoms with Crippen molar-refractivity contribution in [1.29, 1.82) is 0 Å². The molecule has 0 unspecified atom stereocenters. The molecule has 13 heteroatoms. The number of unbranched alkanes of at least 4 members (excludes halogenated alkanes) is 1. The summed E-state index contributed by atoms with van der Waals surface area (Å²) in [7, 11) is -10.4. The average Bonchev–Trinajstić information content (AvgIpc) is 3.09. The topological polar surface area (TPSA) is 163 Å². The molecule has 2 aromatic heterocycles. The molecular formula is C20H23FN2O8P2. The third kappa shape index (κ3) is 6.57. The highest BCUT2D eigenvalue weighted by Crippen LogP contribution is 2.70. The molecule has 0 aliphatic heterocycles. The van der Waals surface area contributed by atoms with Crippen LogP contribution in [0.25, 0.3) is 11.5 Å². The number of rotatable bonds is 10. The number of aromatic nitrogens is 2. The Morgan fingerprint density at radius 3 is 2.36 bits per heavy atom. The van der Waals surface area contributed by atoms with Crippen LogP contribution in [-0.4, -0.2) is 36.1 Å². The van der Waals surface area contributed by atoms with Crippen molar-refractivity contribution in [3.63, 3.8) is 0 Å². The van der Waals surface area contributed by atoms with E-state index >= 15 is 0 Å². The molecule has 33 heavy (non-hydrogen) atoms. The van der Waals surface area contributed by atoms with Gasteiger partial charge in [-0.15, -0.1) is 0 Å². The van der Waals surface area contributed by atoms with Crippen LogP contribution in [0.3, 0.4) is 0 Å². The lowest BCUT2D eigenvalue weighted by molar-refractivity contribution is 0.291. The summed E-state index contributed by atoms with van der Waals surface area (Å²) in [6.45, 7) is 1.88. The van der Waals surface area contributed by atoms with Crippen molar-refractivity contribution in [3.8, 4) is 17.2 Å². The van der Waals surface area contributed by atoms with Crippen molar-refractivity contribution in [2.45, 2.75) is 31.6 Å². The molecule has 3 rings (SSSR count). The van der Waals surface area contributed by atoms with Gasteiger partial charge in [-0.3, -0.25) is 14.1 Å². The molecule has 3 aromatic rings. The summed E-state index contributed by atoms with van der Waals surface area (Å²) < 4.78 is 48.3. The van der Waals surface area contributed by atoms with Crippen LogP contribution < -0.4 is 4.74 Å². The summed E-state index contributed by atoms with van der Waals surface area (Å²) >= 11 is 0. The van der Waals surface area contributed by atoms with Gasteiger partial charge in [0.1, 0.15) is 5.76 Å². The van der Waals surface area contributed by atoms with Gasteiger partial charge in [0.25, 0.3) is 0 Å². The van der Waals surface area contributed by atoms with Crippen LogP contribution in [-0.2, 0) is 15.6 Å². The molecule has 0 aliphatic carbocycles. The molecule has 178 valence electrons. The van der Waals surface area contributed by atoms with Crippen LogP contribution in [0.5, 0.6) is 5.75 Å². The summed E-state index contributed by atoms with van der Waals surface area (Å²) in [5.74, 6) is 0.00680. The molecular weight excluding hydrogens is 477 g/mol. The predicted octanol–water partition coefficient (Wildman–Crippen LogP) is 3.94. The Kier molecular flexibility index (Phi) is 7.84. The van der Waals surface area contributed by atoms with Crippen LogP contribution in [0, 0.1) is 12.7 Å². The molecule has 0 bridgehead atoms. The first-order valence-corrected chi connectivity index (χ1v) is 13.2. The van der Waals surface area contributed by atoms with Crippen LogP contribution in [0.1, 0.15) is 35.3 Å². The lowest BCUT2D eigenvalue weighted by Gasteiger charge is -2.20. The quantitative estimate of drug-likeness (QED) is 0.237. The van der Waals surface area contributed by atoms with Crippen LogP contribution in [0.2, 0.25) is 0 Å². The Morgan fingerprint density at radius 1 is 1.06 bits per heavy atom. The zero-order valence-electron chi connectivity index (χ0n) is 17.5. The van der Waals surface area contributed by atoms with Crippen molar-refractivity contribution in [2.24, 2.45) is 0 Å². The Hall–Kier alpha value is -2.39. The van der Waals surface area contributed by atoms with Gasteiger partial charge in [-0.05, 0) is 56.0 Å². The van der Waals surface area contributed by atoms with Crippen LogP contribution in [0.15, 0.2) is 47.1 Å². The smallest absolute Gasteiger partial charge is 0.345 e. The lowest BCUT2D eigenvalue weighted by atomic mass is 10.2. The third-order valence-electron chi connectivity index (χ3n) is 4.78. The summed E-state index contributed by atoms with van der Waals surface area (Å²) in [4.78, 5) is 45.8. The van der Waals surface area contributed by atoms with Gasteiger partial charge in [0.15, 0.2) is 17.0 Å². The number of nitrogens with zero attached hydrogens (tertiary/aromatic N) is 2. The Labute approximate surface area is 188 Å². The number of halogens is 1. The van der Waals surface area contributed by atoms with Gasteiger partial charge in [0.05, 0.1) is 12.3 Å². The van der Waals surface area contributed by atoms with E-state index in [1.165, 1.54) is 0 Å². The van der Waals surface area contributed by atoms with Crippen LogP contribution in [0.4, 0.5) is 4.39 Å². The molecule has 0 radical (unpaired) electrons. The number of hydrogen-bond donors (Lipinski definition) is 4. The largest absolute Gasteiger partial charge is 0.491 e. The van der Waals surface area contributed by atoms with Crippen LogP contribution >= 0.6 is 15.2 Å². The summed E-state index contributed by atoms with van der Waals surface area (Å²) in [6.07, 6.45) is 5.01. The fraction of sp³-hybridized carbons (Fsp3) is 0.300. The minimum Gasteiger partial charge on any atom is -0.491 e. The third-order valence-corrected chi connectivity index (χ3v) is 8.45. The summed E-state index contributed by atoms with van der Waals surface area (Å²) in [5.41, 5.74) is 1.18. The van der Waals surface area contributed by atoms with E-state index in [4.69, 9.17) is 9.15 Å². The molecule has 0 aliphatic rings. The van der Waals surface area contributed by atoms with Gasteiger partial charge in [-0.2, -0.15) is 0 Å². The summed E-state index contributed by atoms with van der Waals surface area (Å²) in [5, 5.41) is -2.39. The molecule has 0 spiro atoms. The highest BCUT2D eigenvalue weighted by Gasteiger charge is 2.45. The SMILES string of the molecule is Cc1oc(-c2ccncc2)nc1CCCCOc1cc(C(P(=O)(O)O)P(=O)(O)O)ccc1F. The molecule has 10 nitrogen and oxygen atoms in total. The number of pyridine rings is 1. The fourth-order valence-corrected chi connectivity index (χ4v) is 5.90. The summed E-state index contributed by atoms with van der Waals surface area (Å²) in [6, 6.07) is 6.24. The predicted molar refractivity (Wildman–Crippen MR) is 116 cm³/mol. The number of oxazole rings is 1. The maximum absolute atomic E-state index is 14.1. The zero-order chi connectivity index (χ0) is 24.2. The van der Waals surface area contributed by atoms with E-state index in [0.717, 1.165) is 29.5 Å². The fourth-order valence-electron chi connectivity index (χ4n) is 3.23. The van der Waals surface area contributed by atoms with E-state index in [2.05, 4.69) is 9.97 Å². The van der Waals surface area contributed by atoms with Crippen molar-refractivity contribution < 1.29 is 42.2 Å². The molecule has 0 amide bonds. The Bertz CT molecular complexity index is 1170. The minimum absolute atomic E-state index is 0.0744. The zero-order valence-corrected chi connectivity index (χ0v) is 19.3. The van der Waals surface area contributed by atoms with E-state index in [-0.39, 0.29) is 12.4 Å². The number of hydrogen-bond acceptors (Lipinski definition) is 6. The van der Waals surface area contributed by atoms with Gasteiger partial charge in [-0.25, -0.2) is 9.37 Å². The maximum atomic E-state index is 14.1. The highest BCUT2D eigenvalue weighted by atomic mass is 31.2. The average molecular weight is 500 g/mol. The van der Waals surface area contributed by atoms with Gasteiger partial charge in [0, 0.05) is 18.0 Å². The number of ether oxygens (including phenoxy) is 1. The number of benzene rings is 1. The van der Waals surface area contributed by atoms with Crippen molar-refractivity contribution in [1.82, 2.24) is 9.97 Å². The second-order valence-corrected chi connectivity index (χ2v) is 11.1. The minimum atomic E-state index is -5.21. The molecule has 0 fully saturated rings. The van der Waals surface area contributed by atoms with E-state index in [1.54, 1.807) is 24.5 Å². The van der Waals surface area contributed by atoms with E-state index in [1.807, 2.05) is 6.92 Å². The molecule has 0 atom stereocenters. The maximum Gasteiger partial charge on any atom is 0.345 e. The first kappa shape index (κ1) is 25.2. The molecule has 4 N–H and O–H groups in total. The molecule has 1 aromatic carbocycles. The number of aryl methyl sites for hydroxylation is 2. The first-order valence-electron chi connectivity index (χ1n) is 9.86. The standard InChI is InChI=1S/C20H23FN2O8P2/c1-13-17(23-19(31-13)14-7-9-22-10-8-14)4-2-3-11-30-18-12-15(5-6-16(18)21)20(32(24,25)26)33(27,28)29/h5-10,12,20H,2-4,11H2,1H3,(H2,24,25,26)(H2,27,28,29). The van der Waals surface area contributed by atoms with Gasteiger partial charge < -0.3 is 28.7 Å². The second-order valence-electron chi connectivity index (χ2n) is 7.31. The molecule has 2 heterocycles. The Morgan fingerprint density at radius 2 is 1.73 bits per heavy atom. The first-order chi connectivity index (χ1) is 15.5. The van der Waals surface area contributed by atoms with Crippen molar-refractivity contribution in [2.75, 3.05) is 6.61 Å². The second kappa shape index (κ2) is 10.3. The molecule has 0 saturated heterocycles. The van der Waals surface area contributed by atoms with Crippen molar-refractivity contribution in [3.05, 3.63) is 65.6 Å². The van der Waals surface area contributed by atoms with E-state index in [9.17, 15) is 33.1 Å². The monoisotopic (exact) mass is 500 g/mol. The van der Waals surface area contributed by atoms with Gasteiger partial charge in [-0.1, -0.05) is 6.07 Å².